The lowest BCUT2D eigenvalue weighted by molar-refractivity contribution is 0.631. The Bertz CT molecular complexity index is 463. The zero-order valence-corrected chi connectivity index (χ0v) is 12.5. The Labute approximate surface area is 112 Å². The van der Waals surface area contributed by atoms with Crippen LogP contribution in [0, 0.1) is 6.92 Å². The van der Waals surface area contributed by atoms with Crippen LogP contribution in [0.15, 0.2) is 26.2 Å². The van der Waals surface area contributed by atoms with Gasteiger partial charge in [0.15, 0.2) is 0 Å². The van der Waals surface area contributed by atoms with Crippen molar-refractivity contribution in [2.75, 3.05) is 0 Å². The Morgan fingerprint density at radius 2 is 2.38 bits per heavy atom. The summed E-state index contributed by atoms with van der Waals surface area (Å²) in [4.78, 5) is 0. The Morgan fingerprint density at radius 3 is 3.00 bits per heavy atom. The molecule has 0 bridgehead atoms. The number of rotatable bonds is 4. The lowest BCUT2D eigenvalue weighted by Gasteiger charge is -2.04. The molecule has 0 spiro atoms. The Balaban J connectivity index is 2.14. The fourth-order valence-corrected chi connectivity index (χ4v) is 3.91. The second-order valence-corrected chi connectivity index (χ2v) is 6.40. The van der Waals surface area contributed by atoms with Crippen LogP contribution in [0.25, 0.3) is 0 Å². The van der Waals surface area contributed by atoms with Crippen LogP contribution in [0.1, 0.15) is 18.3 Å². The van der Waals surface area contributed by atoms with E-state index in [0.29, 0.717) is 0 Å². The minimum Gasteiger partial charge on any atom is -0.268 e. The number of aromatic nitrogens is 2. The van der Waals surface area contributed by atoms with E-state index in [9.17, 15) is 0 Å². The average Bonchev–Trinajstić information content (AvgIpc) is 2.87. The van der Waals surface area contributed by atoms with Crippen LogP contribution < -0.4 is 0 Å². The van der Waals surface area contributed by atoms with Crippen molar-refractivity contribution in [3.8, 4) is 0 Å². The van der Waals surface area contributed by atoms with E-state index in [1.165, 1.54) is 9.90 Å². The molecule has 0 unspecified atom stereocenters. The number of thioether (sulfide) groups is 1. The second kappa shape index (κ2) is 5.38. The summed E-state index contributed by atoms with van der Waals surface area (Å²) in [5.41, 5.74) is 2.35. The summed E-state index contributed by atoms with van der Waals surface area (Å²) >= 11 is 7.26. The van der Waals surface area contributed by atoms with Gasteiger partial charge in [0.1, 0.15) is 0 Å². The minimum atomic E-state index is 0.923. The topological polar surface area (TPSA) is 17.8 Å². The first kappa shape index (κ1) is 12.2. The van der Waals surface area contributed by atoms with Crippen molar-refractivity contribution in [3.05, 3.63) is 33.4 Å². The van der Waals surface area contributed by atoms with Gasteiger partial charge in [0.2, 0.25) is 0 Å². The Hall–Kier alpha value is -0.260. The molecule has 5 heteroatoms. The predicted octanol–water partition coefficient (Wildman–Crippen LogP) is 4.33. The molecule has 0 atom stereocenters. The van der Waals surface area contributed by atoms with Gasteiger partial charge in [-0.3, -0.25) is 4.68 Å². The molecule has 2 aromatic heterocycles. The van der Waals surface area contributed by atoms with Crippen molar-refractivity contribution in [2.24, 2.45) is 0 Å². The lowest BCUT2D eigenvalue weighted by Crippen LogP contribution is -2.01. The highest BCUT2D eigenvalue weighted by atomic mass is 79.9. The normalized spacial score (nSPS) is 10.9. The molecular formula is C11H13BrN2S2. The fourth-order valence-electron chi connectivity index (χ4n) is 1.49. The van der Waals surface area contributed by atoms with Crippen LogP contribution in [-0.4, -0.2) is 9.78 Å². The highest BCUT2D eigenvalue weighted by Gasteiger charge is 2.12. The van der Waals surface area contributed by atoms with Crippen LogP contribution in [0.5, 0.6) is 0 Å². The van der Waals surface area contributed by atoms with E-state index in [1.807, 2.05) is 18.7 Å². The molecule has 0 amide bonds. The monoisotopic (exact) mass is 316 g/mol. The second-order valence-electron chi connectivity index (χ2n) is 3.38. The Morgan fingerprint density at radius 1 is 1.56 bits per heavy atom. The number of hydrogen-bond donors (Lipinski definition) is 0. The van der Waals surface area contributed by atoms with E-state index in [-0.39, 0.29) is 0 Å². The van der Waals surface area contributed by atoms with Gasteiger partial charge in [-0.05, 0) is 41.2 Å². The van der Waals surface area contributed by atoms with Gasteiger partial charge in [-0.2, -0.15) is 5.10 Å². The quantitative estimate of drug-likeness (QED) is 0.781. The third kappa shape index (κ3) is 2.52. The van der Waals surface area contributed by atoms with Crippen molar-refractivity contribution >= 4 is 39.0 Å². The van der Waals surface area contributed by atoms with E-state index in [0.717, 1.165) is 22.5 Å². The minimum absolute atomic E-state index is 0.923. The summed E-state index contributed by atoms with van der Waals surface area (Å²) in [6, 6.07) is 4.24. The summed E-state index contributed by atoms with van der Waals surface area (Å²) in [6.07, 6.45) is 0. The molecule has 0 aromatic carbocycles. The molecule has 0 saturated carbocycles. The molecule has 16 heavy (non-hydrogen) atoms. The third-order valence-electron chi connectivity index (χ3n) is 2.30. The maximum absolute atomic E-state index is 4.49. The number of hydrogen-bond acceptors (Lipinski definition) is 3. The highest BCUT2D eigenvalue weighted by molar-refractivity contribution is 9.10. The van der Waals surface area contributed by atoms with Gasteiger partial charge in [0.05, 0.1) is 20.1 Å². The SMILES string of the molecule is CCn1nc(C)c(Br)c1CSc1cccs1. The zero-order valence-electron chi connectivity index (χ0n) is 9.24. The van der Waals surface area contributed by atoms with E-state index in [4.69, 9.17) is 0 Å². The Kier molecular flexibility index (Phi) is 4.10. The summed E-state index contributed by atoms with van der Waals surface area (Å²) in [5, 5.41) is 6.60. The van der Waals surface area contributed by atoms with Crippen molar-refractivity contribution in [3.63, 3.8) is 0 Å². The van der Waals surface area contributed by atoms with Crippen molar-refractivity contribution in [1.82, 2.24) is 9.78 Å². The lowest BCUT2D eigenvalue weighted by atomic mass is 10.4. The molecule has 0 aliphatic rings. The molecule has 2 aromatic rings. The molecule has 86 valence electrons. The molecule has 2 rings (SSSR count). The molecule has 0 aliphatic carbocycles. The van der Waals surface area contributed by atoms with Gasteiger partial charge in [0.25, 0.3) is 0 Å². The van der Waals surface area contributed by atoms with Crippen molar-refractivity contribution in [1.29, 1.82) is 0 Å². The van der Waals surface area contributed by atoms with Crippen molar-refractivity contribution in [2.45, 2.75) is 30.4 Å². The van der Waals surface area contributed by atoms with E-state index in [2.05, 4.69) is 50.1 Å². The number of thiophene rings is 1. The molecule has 0 fully saturated rings. The van der Waals surface area contributed by atoms with Crippen LogP contribution >= 0.6 is 39.0 Å². The van der Waals surface area contributed by atoms with Gasteiger partial charge < -0.3 is 0 Å². The highest BCUT2D eigenvalue weighted by Crippen LogP contribution is 2.31. The molecule has 0 radical (unpaired) electrons. The standard InChI is InChI=1S/C11H13BrN2S2/c1-3-14-9(11(12)8(2)13-14)7-16-10-5-4-6-15-10/h4-6H,3,7H2,1-2H3. The van der Waals surface area contributed by atoms with Gasteiger partial charge >= 0.3 is 0 Å². The predicted molar refractivity (Wildman–Crippen MR) is 74.2 cm³/mol. The van der Waals surface area contributed by atoms with Crippen LogP contribution in [0.4, 0.5) is 0 Å². The summed E-state index contributed by atoms with van der Waals surface area (Å²) < 4.78 is 4.58. The molecule has 0 saturated heterocycles. The number of aryl methyl sites for hydroxylation is 2. The van der Waals surface area contributed by atoms with Gasteiger partial charge in [-0.1, -0.05) is 6.07 Å². The summed E-state index contributed by atoms with van der Waals surface area (Å²) in [6.45, 7) is 5.08. The number of halogens is 1. The zero-order chi connectivity index (χ0) is 11.5. The first-order valence-corrected chi connectivity index (χ1v) is 7.76. The first-order valence-electron chi connectivity index (χ1n) is 5.10. The average molecular weight is 317 g/mol. The van der Waals surface area contributed by atoms with Crippen molar-refractivity contribution < 1.29 is 0 Å². The summed E-state index contributed by atoms with van der Waals surface area (Å²) in [7, 11) is 0. The third-order valence-corrected chi connectivity index (χ3v) is 5.47. The van der Waals surface area contributed by atoms with Gasteiger partial charge in [-0.15, -0.1) is 23.1 Å². The first-order chi connectivity index (χ1) is 7.72. The summed E-state index contributed by atoms with van der Waals surface area (Å²) in [5.74, 6) is 0.968. The molecule has 0 aliphatic heterocycles. The fraction of sp³-hybridized carbons (Fsp3) is 0.364. The smallest absolute Gasteiger partial charge is 0.0739 e. The van der Waals surface area contributed by atoms with Gasteiger partial charge in [0, 0.05) is 12.3 Å². The molecular weight excluding hydrogens is 304 g/mol. The van der Waals surface area contributed by atoms with Crippen LogP contribution in [0.3, 0.4) is 0 Å². The molecule has 0 N–H and O–H groups in total. The van der Waals surface area contributed by atoms with Gasteiger partial charge in [-0.25, -0.2) is 0 Å². The van der Waals surface area contributed by atoms with Crippen LogP contribution in [0.2, 0.25) is 0 Å². The van der Waals surface area contributed by atoms with Crippen LogP contribution in [-0.2, 0) is 12.3 Å². The number of nitrogens with zero attached hydrogens (tertiary/aromatic N) is 2. The van der Waals surface area contributed by atoms with E-state index in [1.54, 1.807) is 11.3 Å². The van der Waals surface area contributed by atoms with E-state index < -0.39 is 0 Å². The maximum atomic E-state index is 4.49. The largest absolute Gasteiger partial charge is 0.268 e. The van der Waals surface area contributed by atoms with E-state index >= 15 is 0 Å². The maximum Gasteiger partial charge on any atom is 0.0739 e. The molecule has 2 heterocycles. The molecule has 2 nitrogen and oxygen atoms in total.